The fourth-order valence-corrected chi connectivity index (χ4v) is 1.78. The zero-order chi connectivity index (χ0) is 12.1. The molecule has 2 saturated carbocycles. The first-order valence-corrected chi connectivity index (χ1v) is 6.80. The van der Waals surface area contributed by atoms with Gasteiger partial charge in [0.15, 0.2) is 0 Å². The molecule has 17 heavy (non-hydrogen) atoms. The van der Waals surface area contributed by atoms with Gasteiger partial charge in [0.2, 0.25) is 0 Å². The van der Waals surface area contributed by atoms with E-state index in [1.54, 1.807) is 0 Å². The predicted octanol–water partition coefficient (Wildman–Crippen LogP) is 1.49. The summed E-state index contributed by atoms with van der Waals surface area (Å²) in [6.45, 7) is 3.80. The lowest BCUT2D eigenvalue weighted by atomic mass is 10.2. The van der Waals surface area contributed by atoms with Crippen LogP contribution < -0.4 is 5.32 Å². The Labute approximate surface area is 103 Å². The number of hydrogen-bond acceptors (Lipinski definition) is 4. The Morgan fingerprint density at radius 2 is 2.12 bits per heavy atom. The molecule has 0 aromatic carbocycles. The van der Waals surface area contributed by atoms with Crippen LogP contribution >= 0.6 is 0 Å². The highest BCUT2D eigenvalue weighted by Crippen LogP contribution is 2.28. The van der Waals surface area contributed by atoms with Crippen LogP contribution in [0.1, 0.15) is 39.0 Å². The van der Waals surface area contributed by atoms with Crippen molar-refractivity contribution in [2.24, 2.45) is 5.92 Å². The molecule has 2 rings (SSSR count). The van der Waals surface area contributed by atoms with E-state index in [-0.39, 0.29) is 12.0 Å². The fourth-order valence-electron chi connectivity index (χ4n) is 1.78. The van der Waals surface area contributed by atoms with Gasteiger partial charge in [0.25, 0.3) is 0 Å². The van der Waals surface area contributed by atoms with E-state index in [9.17, 15) is 4.79 Å². The molecule has 0 radical (unpaired) electrons. The third-order valence-corrected chi connectivity index (χ3v) is 3.19. The first-order valence-electron chi connectivity index (χ1n) is 6.80. The predicted molar refractivity (Wildman–Crippen MR) is 64.7 cm³/mol. The molecule has 0 spiro atoms. The van der Waals surface area contributed by atoms with E-state index in [1.165, 1.54) is 25.7 Å². The number of rotatable bonds is 9. The molecule has 98 valence electrons. The Morgan fingerprint density at radius 1 is 1.35 bits per heavy atom. The van der Waals surface area contributed by atoms with E-state index < -0.39 is 0 Å². The molecule has 4 heteroatoms. The van der Waals surface area contributed by atoms with Gasteiger partial charge in [-0.05, 0) is 44.9 Å². The number of esters is 1. The zero-order valence-corrected chi connectivity index (χ0v) is 10.6. The molecule has 0 bridgehead atoms. The lowest BCUT2D eigenvalue weighted by molar-refractivity contribution is -0.146. The maximum atomic E-state index is 11.7. The average Bonchev–Trinajstić information content (AvgIpc) is 3.16. The van der Waals surface area contributed by atoms with Gasteiger partial charge in [0.1, 0.15) is 6.04 Å². The van der Waals surface area contributed by atoms with Crippen molar-refractivity contribution in [3.8, 4) is 0 Å². The quantitative estimate of drug-likeness (QED) is 0.491. The maximum Gasteiger partial charge on any atom is 0.323 e. The van der Waals surface area contributed by atoms with E-state index in [2.05, 4.69) is 5.32 Å². The Morgan fingerprint density at radius 3 is 2.71 bits per heavy atom. The second-order valence-corrected chi connectivity index (χ2v) is 5.05. The highest BCUT2D eigenvalue weighted by molar-refractivity contribution is 5.75. The zero-order valence-electron chi connectivity index (χ0n) is 10.6. The van der Waals surface area contributed by atoms with Gasteiger partial charge in [-0.2, -0.15) is 0 Å². The number of nitrogens with one attached hydrogen (secondary N) is 1. The average molecular weight is 241 g/mol. The van der Waals surface area contributed by atoms with Crippen LogP contribution in [0.25, 0.3) is 0 Å². The van der Waals surface area contributed by atoms with Crippen LogP contribution in [0.3, 0.4) is 0 Å². The summed E-state index contributed by atoms with van der Waals surface area (Å²) in [4.78, 5) is 11.7. The minimum absolute atomic E-state index is 0.130. The topological polar surface area (TPSA) is 47.6 Å². The van der Waals surface area contributed by atoms with Crippen molar-refractivity contribution in [3.05, 3.63) is 0 Å². The summed E-state index contributed by atoms with van der Waals surface area (Å²) in [5.41, 5.74) is 0. The van der Waals surface area contributed by atoms with E-state index in [4.69, 9.17) is 9.47 Å². The van der Waals surface area contributed by atoms with Gasteiger partial charge >= 0.3 is 5.97 Å². The molecule has 2 fully saturated rings. The minimum Gasteiger partial charge on any atom is -0.465 e. The van der Waals surface area contributed by atoms with Gasteiger partial charge in [0, 0.05) is 19.3 Å². The van der Waals surface area contributed by atoms with E-state index in [0.717, 1.165) is 18.9 Å². The van der Waals surface area contributed by atoms with Crippen LogP contribution in [0.15, 0.2) is 0 Å². The summed E-state index contributed by atoms with van der Waals surface area (Å²) < 4.78 is 10.6. The van der Waals surface area contributed by atoms with Gasteiger partial charge in [-0.1, -0.05) is 0 Å². The normalized spacial score (nSPS) is 21.2. The molecule has 2 aliphatic carbocycles. The van der Waals surface area contributed by atoms with Crippen molar-refractivity contribution >= 4 is 5.97 Å². The summed E-state index contributed by atoms with van der Waals surface area (Å²) >= 11 is 0. The van der Waals surface area contributed by atoms with Crippen LogP contribution in [0.4, 0.5) is 0 Å². The minimum atomic E-state index is -0.179. The van der Waals surface area contributed by atoms with E-state index in [0.29, 0.717) is 19.3 Å². The van der Waals surface area contributed by atoms with Gasteiger partial charge in [-0.25, -0.2) is 0 Å². The molecule has 0 aliphatic heterocycles. The third kappa shape index (κ3) is 5.04. The highest BCUT2D eigenvalue weighted by Gasteiger charge is 2.29. The maximum absolute atomic E-state index is 11.7. The molecule has 1 N–H and O–H groups in total. The Balaban J connectivity index is 1.63. The molecule has 1 atom stereocenters. The molecule has 0 amide bonds. The number of carbonyl (C=O) groups is 1. The molecule has 0 saturated heterocycles. The summed E-state index contributed by atoms with van der Waals surface area (Å²) in [5.74, 6) is 0.654. The van der Waals surface area contributed by atoms with Gasteiger partial charge in [0.05, 0.1) is 6.61 Å². The van der Waals surface area contributed by atoms with Gasteiger partial charge in [-0.15, -0.1) is 0 Å². The Kier molecular flexibility index (Phi) is 4.80. The largest absolute Gasteiger partial charge is 0.465 e. The molecule has 0 aromatic rings. The van der Waals surface area contributed by atoms with Crippen LogP contribution in [0.5, 0.6) is 0 Å². The third-order valence-electron chi connectivity index (χ3n) is 3.19. The van der Waals surface area contributed by atoms with Crippen molar-refractivity contribution in [2.45, 2.75) is 51.1 Å². The molecule has 0 heterocycles. The number of hydrogen-bond donors (Lipinski definition) is 1. The molecule has 4 nitrogen and oxygen atoms in total. The molecular weight excluding hydrogens is 218 g/mol. The lowest BCUT2D eigenvalue weighted by Crippen LogP contribution is -2.40. The van der Waals surface area contributed by atoms with Gasteiger partial charge in [-0.3, -0.25) is 4.79 Å². The first kappa shape index (κ1) is 12.8. The summed E-state index contributed by atoms with van der Waals surface area (Å²) in [5, 5.41) is 3.32. The SMILES string of the molecule is CCOC(=O)C(CCOCC1CC1)NC1CC1. The monoisotopic (exact) mass is 241 g/mol. The molecule has 1 unspecified atom stereocenters. The Bertz CT molecular complexity index is 249. The first-order chi connectivity index (χ1) is 8.29. The fraction of sp³-hybridized carbons (Fsp3) is 0.923. The van der Waals surface area contributed by atoms with Crippen molar-refractivity contribution in [1.29, 1.82) is 0 Å². The van der Waals surface area contributed by atoms with Gasteiger partial charge < -0.3 is 14.8 Å². The van der Waals surface area contributed by atoms with Crippen molar-refractivity contribution in [1.82, 2.24) is 5.32 Å². The van der Waals surface area contributed by atoms with E-state index >= 15 is 0 Å². The van der Waals surface area contributed by atoms with Crippen LogP contribution in [0, 0.1) is 5.92 Å². The number of carbonyl (C=O) groups excluding carboxylic acids is 1. The van der Waals surface area contributed by atoms with E-state index in [1.807, 2.05) is 6.92 Å². The molecule has 2 aliphatic rings. The van der Waals surface area contributed by atoms with Crippen LogP contribution in [-0.4, -0.2) is 37.9 Å². The Hall–Kier alpha value is -0.610. The smallest absolute Gasteiger partial charge is 0.323 e. The number of ether oxygens (including phenoxy) is 2. The lowest BCUT2D eigenvalue weighted by Gasteiger charge is -2.16. The summed E-state index contributed by atoms with van der Waals surface area (Å²) in [6, 6.07) is 0.342. The van der Waals surface area contributed by atoms with Crippen LogP contribution in [-0.2, 0) is 14.3 Å². The summed E-state index contributed by atoms with van der Waals surface area (Å²) in [7, 11) is 0. The molecular formula is C13H23NO3. The van der Waals surface area contributed by atoms with Crippen molar-refractivity contribution in [2.75, 3.05) is 19.8 Å². The van der Waals surface area contributed by atoms with Crippen LogP contribution in [0.2, 0.25) is 0 Å². The summed E-state index contributed by atoms with van der Waals surface area (Å²) in [6.07, 6.45) is 5.70. The highest BCUT2D eigenvalue weighted by atomic mass is 16.5. The second-order valence-electron chi connectivity index (χ2n) is 5.05. The molecule has 0 aromatic heterocycles. The standard InChI is InChI=1S/C13H23NO3/c1-2-17-13(15)12(14-11-5-6-11)7-8-16-9-10-3-4-10/h10-12,14H,2-9H2,1H3. The van der Waals surface area contributed by atoms with Crippen molar-refractivity contribution < 1.29 is 14.3 Å². The van der Waals surface area contributed by atoms with Crippen molar-refractivity contribution in [3.63, 3.8) is 0 Å². The second kappa shape index (κ2) is 6.36.